The Bertz CT molecular complexity index is 595. The molecule has 1 N–H and O–H groups in total. The van der Waals surface area contributed by atoms with Crippen molar-refractivity contribution in [3.63, 3.8) is 0 Å². The van der Waals surface area contributed by atoms with Crippen molar-refractivity contribution < 1.29 is 14.6 Å². The van der Waals surface area contributed by atoms with Crippen molar-refractivity contribution >= 4 is 27.4 Å². The molecule has 2 heterocycles. The molecule has 0 bridgehead atoms. The third kappa shape index (κ3) is 2.49. The first-order valence-electron chi connectivity index (χ1n) is 6.25. The van der Waals surface area contributed by atoms with Crippen LogP contribution in [0.4, 0.5) is 0 Å². The smallest absolute Gasteiger partial charge is 0.323 e. The molecule has 19 heavy (non-hydrogen) atoms. The Labute approximate surface area is 115 Å². The summed E-state index contributed by atoms with van der Waals surface area (Å²) in [6.45, 7) is 2.22. The van der Waals surface area contributed by atoms with E-state index >= 15 is 0 Å². The van der Waals surface area contributed by atoms with Gasteiger partial charge in [0.25, 0.3) is 0 Å². The molecule has 5 heteroatoms. The molecular weight excluding hydrogens is 262 g/mol. The minimum Gasteiger partial charge on any atom is -0.480 e. The third-order valence-electron chi connectivity index (χ3n) is 3.46. The van der Waals surface area contributed by atoms with Crippen molar-refractivity contribution in [2.75, 3.05) is 19.8 Å². The lowest BCUT2D eigenvalue weighted by atomic mass is 10.1. The van der Waals surface area contributed by atoms with Gasteiger partial charge in [-0.25, -0.2) is 0 Å². The van der Waals surface area contributed by atoms with E-state index in [1.54, 1.807) is 11.3 Å². The van der Waals surface area contributed by atoms with Crippen LogP contribution in [0.15, 0.2) is 29.6 Å². The minimum atomic E-state index is -0.806. The summed E-state index contributed by atoms with van der Waals surface area (Å²) in [5.74, 6) is -0.806. The van der Waals surface area contributed by atoms with Gasteiger partial charge >= 0.3 is 5.97 Å². The molecule has 1 aliphatic rings. The molecule has 0 amide bonds. The molecule has 100 valence electrons. The number of ether oxygens (including phenoxy) is 1. The van der Waals surface area contributed by atoms with Gasteiger partial charge in [0.2, 0.25) is 0 Å². The Hall–Kier alpha value is -1.43. The molecule has 1 unspecified atom stereocenters. The van der Waals surface area contributed by atoms with Crippen molar-refractivity contribution in [3.8, 4) is 0 Å². The van der Waals surface area contributed by atoms with Crippen molar-refractivity contribution in [2.24, 2.45) is 0 Å². The molecular formula is C14H15NO3S. The van der Waals surface area contributed by atoms with Crippen molar-refractivity contribution in [3.05, 3.63) is 35.2 Å². The minimum absolute atomic E-state index is 0.275. The molecule has 0 radical (unpaired) electrons. The number of morpholine rings is 1. The number of fused-ring (bicyclic) bond motifs is 1. The Morgan fingerprint density at radius 1 is 1.47 bits per heavy atom. The normalized spacial score (nSPS) is 20.7. The highest BCUT2D eigenvalue weighted by Gasteiger charge is 2.29. The molecule has 0 aliphatic carbocycles. The van der Waals surface area contributed by atoms with E-state index in [0.717, 1.165) is 0 Å². The number of carbonyl (C=O) groups is 1. The maximum atomic E-state index is 11.2. The van der Waals surface area contributed by atoms with E-state index in [-0.39, 0.29) is 6.61 Å². The summed E-state index contributed by atoms with van der Waals surface area (Å²) in [6.07, 6.45) is 0. The van der Waals surface area contributed by atoms with E-state index in [9.17, 15) is 9.90 Å². The van der Waals surface area contributed by atoms with Crippen LogP contribution < -0.4 is 0 Å². The number of nitrogens with zero attached hydrogens (tertiary/aromatic N) is 1. The Morgan fingerprint density at radius 3 is 3.16 bits per heavy atom. The Kier molecular flexibility index (Phi) is 3.50. The van der Waals surface area contributed by atoms with E-state index in [1.165, 1.54) is 15.6 Å². The third-order valence-corrected chi connectivity index (χ3v) is 4.47. The fourth-order valence-electron chi connectivity index (χ4n) is 2.43. The number of thiophene rings is 1. The molecule has 1 atom stereocenters. The van der Waals surface area contributed by atoms with Crippen LogP contribution in [0.5, 0.6) is 0 Å². The number of benzene rings is 1. The second-order valence-electron chi connectivity index (χ2n) is 4.66. The second-order valence-corrected chi connectivity index (χ2v) is 5.57. The fourth-order valence-corrected chi connectivity index (χ4v) is 3.38. The molecule has 0 spiro atoms. The molecule has 1 aromatic heterocycles. The lowest BCUT2D eigenvalue weighted by molar-refractivity contribution is -0.150. The molecule has 1 aliphatic heterocycles. The van der Waals surface area contributed by atoms with Crippen LogP contribution in [0.3, 0.4) is 0 Å². The topological polar surface area (TPSA) is 49.8 Å². The van der Waals surface area contributed by atoms with Crippen LogP contribution in [0.1, 0.15) is 5.56 Å². The zero-order chi connectivity index (χ0) is 13.2. The molecule has 2 aromatic rings. The second kappa shape index (κ2) is 5.28. The number of hydrogen-bond acceptors (Lipinski definition) is 4. The summed E-state index contributed by atoms with van der Waals surface area (Å²) in [4.78, 5) is 13.2. The van der Waals surface area contributed by atoms with Gasteiger partial charge in [0.05, 0.1) is 13.2 Å². The molecule has 4 nitrogen and oxygen atoms in total. The highest BCUT2D eigenvalue weighted by molar-refractivity contribution is 7.17. The number of rotatable bonds is 3. The number of carboxylic acid groups (broad SMARTS) is 1. The molecule has 0 saturated carbocycles. The van der Waals surface area contributed by atoms with Gasteiger partial charge in [-0.3, -0.25) is 9.69 Å². The van der Waals surface area contributed by atoms with Gasteiger partial charge in [-0.05, 0) is 22.4 Å². The van der Waals surface area contributed by atoms with E-state index in [1.807, 2.05) is 17.0 Å². The van der Waals surface area contributed by atoms with Crippen LogP contribution in [0, 0.1) is 0 Å². The first-order valence-corrected chi connectivity index (χ1v) is 7.13. The Morgan fingerprint density at radius 2 is 2.32 bits per heavy atom. The maximum Gasteiger partial charge on any atom is 0.323 e. The summed E-state index contributed by atoms with van der Waals surface area (Å²) in [5.41, 5.74) is 1.20. The highest BCUT2D eigenvalue weighted by Crippen LogP contribution is 2.27. The predicted molar refractivity (Wildman–Crippen MR) is 74.5 cm³/mol. The number of carboxylic acids is 1. The fraction of sp³-hybridized carbons (Fsp3) is 0.357. The summed E-state index contributed by atoms with van der Waals surface area (Å²) in [7, 11) is 0. The van der Waals surface area contributed by atoms with Crippen molar-refractivity contribution in [1.82, 2.24) is 4.90 Å². The largest absolute Gasteiger partial charge is 0.480 e. The predicted octanol–water partition coefficient (Wildman–Crippen LogP) is 2.19. The average molecular weight is 277 g/mol. The van der Waals surface area contributed by atoms with Gasteiger partial charge in [0, 0.05) is 17.8 Å². The van der Waals surface area contributed by atoms with Crippen LogP contribution in [-0.4, -0.2) is 41.8 Å². The number of aliphatic carboxylic acids is 1. The van der Waals surface area contributed by atoms with Crippen molar-refractivity contribution in [1.29, 1.82) is 0 Å². The van der Waals surface area contributed by atoms with E-state index < -0.39 is 12.0 Å². The first-order chi connectivity index (χ1) is 9.25. The SMILES string of the molecule is O=C(O)C1COCCN1Cc1csc2ccccc12. The van der Waals surface area contributed by atoms with Crippen molar-refractivity contribution in [2.45, 2.75) is 12.6 Å². The molecule has 1 fully saturated rings. The maximum absolute atomic E-state index is 11.2. The van der Waals surface area contributed by atoms with E-state index in [0.29, 0.717) is 19.7 Å². The zero-order valence-corrected chi connectivity index (χ0v) is 11.2. The average Bonchev–Trinajstić information content (AvgIpc) is 2.83. The summed E-state index contributed by atoms with van der Waals surface area (Å²) >= 11 is 1.71. The van der Waals surface area contributed by atoms with Gasteiger partial charge in [-0.15, -0.1) is 11.3 Å². The van der Waals surface area contributed by atoms with E-state index in [2.05, 4.69) is 17.5 Å². The number of hydrogen-bond donors (Lipinski definition) is 1. The molecule has 3 rings (SSSR count). The lowest BCUT2D eigenvalue weighted by Crippen LogP contribution is -2.49. The van der Waals surface area contributed by atoms with Gasteiger partial charge in [-0.1, -0.05) is 18.2 Å². The highest BCUT2D eigenvalue weighted by atomic mass is 32.1. The summed E-state index contributed by atoms with van der Waals surface area (Å²) in [6, 6.07) is 7.70. The molecule has 1 aromatic carbocycles. The van der Waals surface area contributed by atoms with Gasteiger partial charge < -0.3 is 9.84 Å². The lowest BCUT2D eigenvalue weighted by Gasteiger charge is -2.32. The van der Waals surface area contributed by atoms with Crippen LogP contribution in [0.25, 0.3) is 10.1 Å². The first kappa shape index (κ1) is 12.6. The van der Waals surface area contributed by atoms with Crippen LogP contribution in [-0.2, 0) is 16.1 Å². The quantitative estimate of drug-likeness (QED) is 0.934. The zero-order valence-electron chi connectivity index (χ0n) is 10.4. The van der Waals surface area contributed by atoms with Crippen LogP contribution >= 0.6 is 11.3 Å². The van der Waals surface area contributed by atoms with Gasteiger partial charge in [0.15, 0.2) is 0 Å². The molecule has 1 saturated heterocycles. The van der Waals surface area contributed by atoms with Gasteiger partial charge in [0.1, 0.15) is 6.04 Å². The van der Waals surface area contributed by atoms with Crippen LogP contribution in [0.2, 0.25) is 0 Å². The summed E-state index contributed by atoms with van der Waals surface area (Å²) in [5, 5.41) is 12.6. The monoisotopic (exact) mass is 277 g/mol. The standard InChI is InChI=1S/C14H15NO3S/c16-14(17)12-8-18-6-5-15(12)7-10-9-19-13-4-2-1-3-11(10)13/h1-4,9,12H,5-8H2,(H,16,17). The Balaban J connectivity index is 1.85. The summed E-state index contributed by atoms with van der Waals surface area (Å²) < 4.78 is 6.51. The van der Waals surface area contributed by atoms with E-state index in [4.69, 9.17) is 4.74 Å². The van der Waals surface area contributed by atoms with Gasteiger partial charge in [-0.2, -0.15) is 0 Å².